The van der Waals surface area contributed by atoms with E-state index in [2.05, 4.69) is 16.6 Å². The Labute approximate surface area is 105 Å². The molecule has 0 atom stereocenters. The molecule has 0 aliphatic rings. The molecule has 0 saturated heterocycles. The molecule has 0 spiro atoms. The summed E-state index contributed by atoms with van der Waals surface area (Å²) in [4.78, 5) is 13.4. The molecule has 0 fully saturated rings. The first-order valence-electron chi connectivity index (χ1n) is 5.39. The Kier molecular flexibility index (Phi) is 5.28. The summed E-state index contributed by atoms with van der Waals surface area (Å²) in [6.07, 6.45) is 1.19. The minimum absolute atomic E-state index is 0.400. The maximum absolute atomic E-state index is 10.7. The van der Waals surface area contributed by atoms with Gasteiger partial charge in [0.25, 0.3) is 0 Å². The molecular formula is C12H14N4O2. The van der Waals surface area contributed by atoms with Gasteiger partial charge < -0.3 is 10.5 Å². The number of nitrogens with two attached hydrogens (primary N) is 1. The number of carbonyl (C=O) groups is 1. The molecule has 0 radical (unpaired) electrons. The number of hydrogen-bond acceptors (Lipinski definition) is 3. The Hall–Kier alpha value is -2.46. The lowest BCUT2D eigenvalue weighted by atomic mass is 10.1. The number of ether oxygens (including phenoxy) is 1. The van der Waals surface area contributed by atoms with E-state index in [1.54, 1.807) is 24.3 Å². The fourth-order valence-corrected chi connectivity index (χ4v) is 1.26. The summed E-state index contributed by atoms with van der Waals surface area (Å²) in [5.41, 5.74) is 14.2. The van der Waals surface area contributed by atoms with Gasteiger partial charge in [-0.25, -0.2) is 0 Å². The third-order valence-corrected chi connectivity index (χ3v) is 2.24. The molecular weight excluding hydrogens is 232 g/mol. The van der Waals surface area contributed by atoms with E-state index in [9.17, 15) is 4.79 Å². The second-order valence-corrected chi connectivity index (χ2v) is 3.60. The van der Waals surface area contributed by atoms with Crippen LogP contribution in [0.1, 0.15) is 12.8 Å². The van der Waals surface area contributed by atoms with Crippen molar-refractivity contribution in [3.63, 3.8) is 0 Å². The van der Waals surface area contributed by atoms with E-state index in [4.69, 9.17) is 16.0 Å². The highest BCUT2D eigenvalue weighted by Crippen LogP contribution is 2.18. The Morgan fingerprint density at radius 2 is 2.11 bits per heavy atom. The molecule has 0 aliphatic carbocycles. The van der Waals surface area contributed by atoms with Crippen LogP contribution >= 0.6 is 0 Å². The molecule has 0 unspecified atom stereocenters. The van der Waals surface area contributed by atoms with Crippen molar-refractivity contribution in [3.05, 3.63) is 46.9 Å². The topological polar surface area (TPSA) is 101 Å². The number of amides is 1. The number of carbonyl (C=O) groups excluding carboxylic acids is 1. The van der Waals surface area contributed by atoms with Gasteiger partial charge in [-0.05, 0) is 42.6 Å². The van der Waals surface area contributed by atoms with Gasteiger partial charge in [0.2, 0.25) is 5.91 Å². The normalized spacial score (nSPS) is 9.33. The van der Waals surface area contributed by atoms with Crippen molar-refractivity contribution in [2.75, 3.05) is 6.61 Å². The zero-order valence-electron chi connectivity index (χ0n) is 9.87. The van der Waals surface area contributed by atoms with Crippen LogP contribution in [0.3, 0.4) is 0 Å². The summed E-state index contributed by atoms with van der Waals surface area (Å²) in [6.45, 7) is 4.02. The standard InChI is InChI=1S/C12H14N4O2/c1-9(12(13)17)3-2-8-18-11-6-4-10(5-7-11)15-16-14/h4-7H,1-3,8H2,(H2,13,17). The maximum atomic E-state index is 10.7. The predicted octanol–water partition coefficient (Wildman–Crippen LogP) is 2.83. The van der Waals surface area contributed by atoms with Gasteiger partial charge in [-0.1, -0.05) is 11.7 Å². The number of rotatable bonds is 7. The van der Waals surface area contributed by atoms with Gasteiger partial charge in [0.05, 0.1) is 6.61 Å². The number of azide groups is 1. The van der Waals surface area contributed by atoms with Gasteiger partial charge in [0.1, 0.15) is 5.75 Å². The third kappa shape index (κ3) is 4.59. The first kappa shape index (κ1) is 13.6. The van der Waals surface area contributed by atoms with Crippen LogP contribution in [0.25, 0.3) is 10.4 Å². The number of primary amides is 1. The van der Waals surface area contributed by atoms with E-state index in [0.29, 0.717) is 36.5 Å². The van der Waals surface area contributed by atoms with E-state index in [1.165, 1.54) is 0 Å². The van der Waals surface area contributed by atoms with Crippen molar-refractivity contribution in [1.29, 1.82) is 0 Å². The second-order valence-electron chi connectivity index (χ2n) is 3.60. The van der Waals surface area contributed by atoms with Gasteiger partial charge in [-0.2, -0.15) is 0 Å². The van der Waals surface area contributed by atoms with Crippen LogP contribution in [0.15, 0.2) is 41.5 Å². The molecule has 1 aromatic rings. The number of benzene rings is 1. The van der Waals surface area contributed by atoms with Crippen LogP contribution in [0.4, 0.5) is 5.69 Å². The second kappa shape index (κ2) is 6.98. The van der Waals surface area contributed by atoms with Crippen LogP contribution in [0.2, 0.25) is 0 Å². The highest BCUT2D eigenvalue weighted by molar-refractivity contribution is 5.91. The maximum Gasteiger partial charge on any atom is 0.244 e. The summed E-state index contributed by atoms with van der Waals surface area (Å²) < 4.78 is 5.44. The van der Waals surface area contributed by atoms with Crippen molar-refractivity contribution in [2.45, 2.75) is 12.8 Å². The third-order valence-electron chi connectivity index (χ3n) is 2.24. The molecule has 1 aromatic carbocycles. The molecule has 6 heteroatoms. The lowest BCUT2D eigenvalue weighted by Crippen LogP contribution is -2.13. The minimum Gasteiger partial charge on any atom is -0.494 e. The summed E-state index contributed by atoms with van der Waals surface area (Å²) in [6, 6.07) is 6.76. The molecule has 0 heterocycles. The molecule has 1 amide bonds. The first-order chi connectivity index (χ1) is 8.63. The van der Waals surface area contributed by atoms with Crippen LogP contribution in [-0.2, 0) is 4.79 Å². The molecule has 2 N–H and O–H groups in total. The lowest BCUT2D eigenvalue weighted by Gasteiger charge is -2.06. The molecule has 0 saturated carbocycles. The average molecular weight is 246 g/mol. The fraction of sp³-hybridized carbons (Fsp3) is 0.250. The SMILES string of the molecule is C=C(CCCOc1ccc(N=[N+]=[N-])cc1)C(N)=O. The largest absolute Gasteiger partial charge is 0.494 e. The van der Waals surface area contributed by atoms with Gasteiger partial charge in [0, 0.05) is 16.2 Å². The zero-order valence-corrected chi connectivity index (χ0v) is 9.87. The van der Waals surface area contributed by atoms with Crippen LogP contribution < -0.4 is 10.5 Å². The predicted molar refractivity (Wildman–Crippen MR) is 68.3 cm³/mol. The van der Waals surface area contributed by atoms with Gasteiger partial charge in [0.15, 0.2) is 0 Å². The van der Waals surface area contributed by atoms with Crippen molar-refractivity contribution in [1.82, 2.24) is 0 Å². The Balaban J connectivity index is 2.33. The van der Waals surface area contributed by atoms with Crippen molar-refractivity contribution < 1.29 is 9.53 Å². The quantitative estimate of drug-likeness (QED) is 0.263. The van der Waals surface area contributed by atoms with Crippen molar-refractivity contribution in [3.8, 4) is 5.75 Å². The molecule has 94 valence electrons. The molecule has 0 bridgehead atoms. The minimum atomic E-state index is -0.478. The average Bonchev–Trinajstić information content (AvgIpc) is 2.36. The molecule has 0 aromatic heterocycles. The highest BCUT2D eigenvalue weighted by Gasteiger charge is 2.01. The summed E-state index contributed by atoms with van der Waals surface area (Å²) in [5.74, 6) is 0.199. The fourth-order valence-electron chi connectivity index (χ4n) is 1.26. The highest BCUT2D eigenvalue weighted by atomic mass is 16.5. The van der Waals surface area contributed by atoms with E-state index >= 15 is 0 Å². The first-order valence-corrected chi connectivity index (χ1v) is 5.39. The summed E-state index contributed by atoms with van der Waals surface area (Å²) in [7, 11) is 0. The Morgan fingerprint density at radius 3 is 2.67 bits per heavy atom. The summed E-state index contributed by atoms with van der Waals surface area (Å²) in [5, 5.41) is 3.45. The van der Waals surface area contributed by atoms with E-state index in [-0.39, 0.29) is 0 Å². The Bertz CT molecular complexity index is 475. The summed E-state index contributed by atoms with van der Waals surface area (Å²) >= 11 is 0. The number of nitrogens with zero attached hydrogens (tertiary/aromatic N) is 3. The lowest BCUT2D eigenvalue weighted by molar-refractivity contribution is -0.114. The number of hydrogen-bond donors (Lipinski definition) is 1. The molecule has 1 rings (SSSR count). The monoisotopic (exact) mass is 246 g/mol. The van der Waals surface area contributed by atoms with Crippen LogP contribution in [0, 0.1) is 0 Å². The van der Waals surface area contributed by atoms with E-state index in [1.807, 2.05) is 0 Å². The van der Waals surface area contributed by atoms with Gasteiger partial charge in [-0.15, -0.1) is 0 Å². The molecule has 0 aliphatic heterocycles. The Morgan fingerprint density at radius 1 is 1.44 bits per heavy atom. The van der Waals surface area contributed by atoms with Crippen LogP contribution in [-0.4, -0.2) is 12.5 Å². The van der Waals surface area contributed by atoms with Crippen molar-refractivity contribution >= 4 is 11.6 Å². The molecule has 18 heavy (non-hydrogen) atoms. The van der Waals surface area contributed by atoms with E-state index in [0.717, 1.165) is 0 Å². The van der Waals surface area contributed by atoms with Crippen molar-refractivity contribution in [2.24, 2.45) is 10.8 Å². The smallest absolute Gasteiger partial charge is 0.244 e. The van der Waals surface area contributed by atoms with Gasteiger partial charge in [-0.3, -0.25) is 4.79 Å². The van der Waals surface area contributed by atoms with E-state index < -0.39 is 5.91 Å². The van der Waals surface area contributed by atoms with Gasteiger partial charge >= 0.3 is 0 Å². The van der Waals surface area contributed by atoms with Crippen LogP contribution in [0.5, 0.6) is 5.75 Å². The zero-order chi connectivity index (χ0) is 13.4. The molecule has 6 nitrogen and oxygen atoms in total.